The number of nitro benzene ring substituents is 1. The quantitative estimate of drug-likeness (QED) is 0.227. The number of carbonyl (C=O) groups is 1. The summed E-state index contributed by atoms with van der Waals surface area (Å²) < 4.78 is 10.8. The first-order chi connectivity index (χ1) is 17.4. The highest BCUT2D eigenvalue weighted by Crippen LogP contribution is 2.32. The highest BCUT2D eigenvalue weighted by molar-refractivity contribution is 6.33. The predicted octanol–water partition coefficient (Wildman–Crippen LogP) is 5.11. The molecule has 4 aromatic rings. The molecule has 10 heteroatoms. The van der Waals surface area contributed by atoms with Gasteiger partial charge >= 0.3 is 5.63 Å². The molecule has 0 bridgehead atoms. The molecule has 1 aliphatic rings. The number of non-ortho nitro benzene ring substituents is 1. The maximum Gasteiger partial charge on any atom is 0.344 e. The molecule has 1 fully saturated rings. The van der Waals surface area contributed by atoms with E-state index in [2.05, 4.69) is 5.32 Å². The number of halogens is 1. The van der Waals surface area contributed by atoms with Gasteiger partial charge in [-0.2, -0.15) is 0 Å². The fraction of sp³-hybridized carbons (Fsp3) is 0.154. The molecule has 0 spiro atoms. The van der Waals surface area contributed by atoms with Crippen molar-refractivity contribution < 1.29 is 18.9 Å². The molecule has 1 aromatic heterocycles. The largest absolute Gasteiger partial charge is 0.422 e. The Hall–Kier alpha value is -4.21. The number of para-hydroxylation sites is 1. The molecular formula is C26H20ClN3O6. The second kappa shape index (κ2) is 9.80. The standard InChI is InChI=1S/C26H20ClN3O6/c27-22-14-17(5-7-19(22)20-13-16-3-1-2-4-24(16)36-26(20)32)28-25(31)21-15-18(30(33)34)6-8-23(21)29-9-11-35-12-10-29/h1-8,13-15H,9-12H2,(H,28,31). The Kier molecular flexibility index (Phi) is 6.41. The maximum absolute atomic E-state index is 13.2. The molecule has 2 heterocycles. The second-order valence-electron chi connectivity index (χ2n) is 8.19. The molecule has 1 amide bonds. The fourth-order valence-electron chi connectivity index (χ4n) is 4.16. The number of nitrogens with zero attached hydrogens (tertiary/aromatic N) is 2. The van der Waals surface area contributed by atoms with Crippen LogP contribution in [0.5, 0.6) is 0 Å². The molecule has 1 saturated heterocycles. The summed E-state index contributed by atoms with van der Waals surface area (Å²) in [5.41, 5.74) is 1.63. The van der Waals surface area contributed by atoms with Crippen LogP contribution in [-0.2, 0) is 4.74 Å². The SMILES string of the molecule is O=C(Nc1ccc(-c2cc3ccccc3oc2=O)c(Cl)c1)c1cc([N+](=O)[O-])ccc1N1CCOCC1. The third-order valence-electron chi connectivity index (χ3n) is 5.95. The van der Waals surface area contributed by atoms with Crippen LogP contribution in [-0.4, -0.2) is 37.1 Å². The molecule has 5 rings (SSSR count). The summed E-state index contributed by atoms with van der Waals surface area (Å²) in [6.45, 7) is 2.12. The normalized spacial score (nSPS) is 13.5. The van der Waals surface area contributed by atoms with Crippen LogP contribution in [0.3, 0.4) is 0 Å². The molecule has 1 aliphatic heterocycles. The van der Waals surface area contributed by atoms with E-state index >= 15 is 0 Å². The number of ether oxygens (including phenoxy) is 1. The van der Waals surface area contributed by atoms with Crippen LogP contribution in [0, 0.1) is 10.1 Å². The molecular weight excluding hydrogens is 486 g/mol. The van der Waals surface area contributed by atoms with Crippen LogP contribution in [0.2, 0.25) is 5.02 Å². The van der Waals surface area contributed by atoms with Crippen molar-refractivity contribution in [3.63, 3.8) is 0 Å². The van der Waals surface area contributed by atoms with Gasteiger partial charge in [-0.05, 0) is 30.3 Å². The number of hydrogen-bond donors (Lipinski definition) is 1. The zero-order valence-electron chi connectivity index (χ0n) is 18.9. The first kappa shape index (κ1) is 23.5. The van der Waals surface area contributed by atoms with E-state index in [1.165, 1.54) is 18.2 Å². The molecule has 0 aliphatic carbocycles. The average molecular weight is 506 g/mol. The van der Waals surface area contributed by atoms with Gasteiger partial charge in [0.1, 0.15) is 5.58 Å². The topological polar surface area (TPSA) is 115 Å². The zero-order valence-corrected chi connectivity index (χ0v) is 19.7. The molecule has 1 N–H and O–H groups in total. The monoisotopic (exact) mass is 505 g/mol. The Morgan fingerprint density at radius 2 is 1.78 bits per heavy atom. The Morgan fingerprint density at radius 1 is 1.00 bits per heavy atom. The third-order valence-corrected chi connectivity index (χ3v) is 6.26. The van der Waals surface area contributed by atoms with E-state index in [4.69, 9.17) is 20.8 Å². The second-order valence-corrected chi connectivity index (χ2v) is 8.60. The number of morpholine rings is 1. The van der Waals surface area contributed by atoms with Crippen LogP contribution in [0.25, 0.3) is 22.1 Å². The van der Waals surface area contributed by atoms with Gasteiger partial charge in [0.25, 0.3) is 11.6 Å². The van der Waals surface area contributed by atoms with Crippen molar-refractivity contribution in [2.75, 3.05) is 36.5 Å². The van der Waals surface area contributed by atoms with Crippen LogP contribution < -0.4 is 15.8 Å². The molecule has 0 saturated carbocycles. The van der Waals surface area contributed by atoms with Crippen LogP contribution >= 0.6 is 11.6 Å². The minimum absolute atomic E-state index is 0.168. The van der Waals surface area contributed by atoms with Crippen molar-refractivity contribution in [1.82, 2.24) is 0 Å². The van der Waals surface area contributed by atoms with Crippen LogP contribution in [0.4, 0.5) is 17.1 Å². The fourth-order valence-corrected chi connectivity index (χ4v) is 4.44. The number of carbonyl (C=O) groups excluding carboxylic acids is 1. The lowest BCUT2D eigenvalue weighted by Gasteiger charge is -2.30. The van der Waals surface area contributed by atoms with Crippen molar-refractivity contribution in [2.24, 2.45) is 0 Å². The van der Waals surface area contributed by atoms with Crippen molar-refractivity contribution in [1.29, 1.82) is 0 Å². The zero-order chi connectivity index (χ0) is 25.2. The Morgan fingerprint density at radius 3 is 2.53 bits per heavy atom. The van der Waals surface area contributed by atoms with E-state index in [1.54, 1.807) is 36.4 Å². The molecule has 0 unspecified atom stereocenters. The first-order valence-corrected chi connectivity index (χ1v) is 11.5. The number of rotatable bonds is 5. The summed E-state index contributed by atoms with van der Waals surface area (Å²) in [6.07, 6.45) is 0. The summed E-state index contributed by atoms with van der Waals surface area (Å²) in [4.78, 5) is 38.5. The van der Waals surface area contributed by atoms with Crippen molar-refractivity contribution in [3.05, 3.63) is 97.9 Å². The van der Waals surface area contributed by atoms with Gasteiger partial charge in [-0.3, -0.25) is 14.9 Å². The maximum atomic E-state index is 13.2. The lowest BCUT2D eigenvalue weighted by atomic mass is 10.0. The van der Waals surface area contributed by atoms with E-state index < -0.39 is 16.5 Å². The van der Waals surface area contributed by atoms with Crippen molar-refractivity contribution in [3.8, 4) is 11.1 Å². The van der Waals surface area contributed by atoms with E-state index in [-0.39, 0.29) is 16.3 Å². The predicted molar refractivity (Wildman–Crippen MR) is 137 cm³/mol. The number of amides is 1. The van der Waals surface area contributed by atoms with Crippen LogP contribution in [0.1, 0.15) is 10.4 Å². The summed E-state index contributed by atoms with van der Waals surface area (Å²) in [7, 11) is 0. The first-order valence-electron chi connectivity index (χ1n) is 11.2. The average Bonchev–Trinajstić information content (AvgIpc) is 2.88. The van der Waals surface area contributed by atoms with Gasteiger partial charge in [0.15, 0.2) is 0 Å². The Bertz CT molecular complexity index is 1540. The molecule has 0 radical (unpaired) electrons. The number of nitro groups is 1. The van der Waals surface area contributed by atoms with Crippen molar-refractivity contribution in [2.45, 2.75) is 0 Å². The van der Waals surface area contributed by atoms with Gasteiger partial charge in [0, 0.05) is 41.9 Å². The van der Waals surface area contributed by atoms with E-state index in [0.29, 0.717) is 54.4 Å². The molecule has 182 valence electrons. The number of benzene rings is 3. The Labute approximate surface area is 210 Å². The van der Waals surface area contributed by atoms with Gasteiger partial charge in [0.05, 0.1) is 40.0 Å². The Balaban J connectivity index is 1.45. The summed E-state index contributed by atoms with van der Waals surface area (Å²) in [5.74, 6) is -0.519. The molecule has 9 nitrogen and oxygen atoms in total. The highest BCUT2D eigenvalue weighted by atomic mass is 35.5. The third kappa shape index (κ3) is 4.66. The smallest absolute Gasteiger partial charge is 0.344 e. The van der Waals surface area contributed by atoms with E-state index in [1.807, 2.05) is 17.0 Å². The van der Waals surface area contributed by atoms with Gasteiger partial charge < -0.3 is 19.4 Å². The lowest BCUT2D eigenvalue weighted by molar-refractivity contribution is -0.384. The van der Waals surface area contributed by atoms with Gasteiger partial charge in [0.2, 0.25) is 0 Å². The summed E-state index contributed by atoms with van der Waals surface area (Å²) >= 11 is 6.49. The number of nitrogens with one attached hydrogen (secondary N) is 1. The van der Waals surface area contributed by atoms with E-state index in [0.717, 1.165) is 5.39 Å². The number of anilines is 2. The summed E-state index contributed by atoms with van der Waals surface area (Å²) in [5, 5.41) is 15.1. The summed E-state index contributed by atoms with van der Waals surface area (Å²) in [6, 6.07) is 17.8. The van der Waals surface area contributed by atoms with E-state index in [9.17, 15) is 19.7 Å². The molecule has 0 atom stereocenters. The van der Waals surface area contributed by atoms with Gasteiger partial charge in [-0.15, -0.1) is 0 Å². The molecule has 3 aromatic carbocycles. The lowest BCUT2D eigenvalue weighted by Crippen LogP contribution is -2.37. The minimum atomic E-state index is -0.541. The van der Waals surface area contributed by atoms with Gasteiger partial charge in [-0.1, -0.05) is 35.9 Å². The van der Waals surface area contributed by atoms with Gasteiger partial charge in [-0.25, -0.2) is 4.79 Å². The van der Waals surface area contributed by atoms with Crippen LogP contribution in [0.15, 0.2) is 75.9 Å². The molecule has 36 heavy (non-hydrogen) atoms. The number of hydrogen-bond acceptors (Lipinski definition) is 7. The van der Waals surface area contributed by atoms with Crippen molar-refractivity contribution >= 4 is 45.5 Å². The highest BCUT2D eigenvalue weighted by Gasteiger charge is 2.22. The minimum Gasteiger partial charge on any atom is -0.422 e. The number of fused-ring (bicyclic) bond motifs is 1.